The highest BCUT2D eigenvalue weighted by molar-refractivity contribution is 5.72. The van der Waals surface area contributed by atoms with Crippen LogP contribution in [0.2, 0.25) is 0 Å². The molecule has 1 rings (SSSR count). The number of ether oxygens (including phenoxy) is 1. The van der Waals surface area contributed by atoms with Gasteiger partial charge in [-0.25, -0.2) is 4.79 Å². The zero-order chi connectivity index (χ0) is 13.0. The van der Waals surface area contributed by atoms with Crippen LogP contribution in [0.15, 0.2) is 0 Å². The maximum absolute atomic E-state index is 11.7. The number of likely N-dealkylation sites (tertiary alicyclic amines) is 1. The number of piperidine rings is 1. The summed E-state index contributed by atoms with van der Waals surface area (Å²) in [5.74, 6) is -0.794. The molecule has 17 heavy (non-hydrogen) atoms. The fraction of sp³-hybridized carbons (Fsp3) is 0.833. The summed E-state index contributed by atoms with van der Waals surface area (Å²) in [5, 5.41) is 8.92. The second kappa shape index (κ2) is 5.89. The fourth-order valence-electron chi connectivity index (χ4n) is 1.99. The Morgan fingerprint density at radius 2 is 2.12 bits per heavy atom. The van der Waals surface area contributed by atoms with Crippen LogP contribution < -0.4 is 0 Å². The van der Waals surface area contributed by atoms with E-state index in [0.29, 0.717) is 31.9 Å². The van der Waals surface area contributed by atoms with Crippen molar-refractivity contribution in [1.29, 1.82) is 0 Å². The molecule has 1 fully saturated rings. The maximum atomic E-state index is 11.7. The summed E-state index contributed by atoms with van der Waals surface area (Å²) >= 11 is 0. The van der Waals surface area contributed by atoms with E-state index in [9.17, 15) is 9.59 Å². The Morgan fingerprint density at radius 3 is 2.59 bits per heavy atom. The Bertz CT molecular complexity index is 290. The number of hydrogen-bond acceptors (Lipinski definition) is 3. The van der Waals surface area contributed by atoms with Gasteiger partial charge in [0.15, 0.2) is 0 Å². The molecule has 1 aliphatic rings. The minimum absolute atomic E-state index is 0.0653. The topological polar surface area (TPSA) is 66.8 Å². The second-order valence-electron chi connectivity index (χ2n) is 5.07. The second-order valence-corrected chi connectivity index (χ2v) is 5.07. The van der Waals surface area contributed by atoms with Crippen molar-refractivity contribution in [3.8, 4) is 0 Å². The van der Waals surface area contributed by atoms with Crippen LogP contribution in [-0.2, 0) is 9.53 Å². The Balaban J connectivity index is 2.46. The molecule has 0 aromatic heterocycles. The third-order valence-corrected chi connectivity index (χ3v) is 3.00. The number of carbonyl (C=O) groups is 2. The van der Waals surface area contributed by atoms with Crippen molar-refractivity contribution in [3.05, 3.63) is 0 Å². The highest BCUT2D eigenvalue weighted by Gasteiger charge is 2.32. The fourth-order valence-corrected chi connectivity index (χ4v) is 1.99. The van der Waals surface area contributed by atoms with Crippen LogP contribution in [0.4, 0.5) is 4.79 Å². The Kier molecular flexibility index (Phi) is 4.78. The monoisotopic (exact) mass is 243 g/mol. The number of carboxylic acid groups (broad SMARTS) is 1. The van der Waals surface area contributed by atoms with Gasteiger partial charge in [-0.05, 0) is 25.7 Å². The van der Waals surface area contributed by atoms with Gasteiger partial charge in [0.2, 0.25) is 0 Å². The van der Waals surface area contributed by atoms with Crippen molar-refractivity contribution < 1.29 is 19.4 Å². The summed E-state index contributed by atoms with van der Waals surface area (Å²) < 4.78 is 5.15. The van der Waals surface area contributed by atoms with Crippen LogP contribution in [0, 0.1) is 11.8 Å². The van der Waals surface area contributed by atoms with E-state index in [1.165, 1.54) is 0 Å². The smallest absolute Gasteiger partial charge is 0.410 e. The van der Waals surface area contributed by atoms with E-state index in [1.807, 2.05) is 20.8 Å². The highest BCUT2D eigenvalue weighted by Crippen LogP contribution is 2.23. The molecule has 0 aromatic carbocycles. The first-order valence-corrected chi connectivity index (χ1v) is 6.08. The molecule has 1 saturated heterocycles. The van der Waals surface area contributed by atoms with Crippen LogP contribution in [0.3, 0.4) is 0 Å². The molecule has 1 N–H and O–H groups in total. The molecule has 0 radical (unpaired) electrons. The lowest BCUT2D eigenvalue weighted by atomic mass is 9.92. The van der Waals surface area contributed by atoms with E-state index in [1.54, 1.807) is 4.90 Å². The first-order chi connectivity index (χ1) is 7.91. The quantitative estimate of drug-likeness (QED) is 0.822. The largest absolute Gasteiger partial charge is 0.481 e. The summed E-state index contributed by atoms with van der Waals surface area (Å²) in [6.45, 7) is 6.70. The lowest BCUT2D eigenvalue weighted by molar-refractivity contribution is -0.143. The molecule has 0 aromatic rings. The molecular formula is C12H21NO4. The molecule has 1 aliphatic heterocycles. The molecule has 0 aliphatic carbocycles. The summed E-state index contributed by atoms with van der Waals surface area (Å²) in [7, 11) is 0. The van der Waals surface area contributed by atoms with Crippen molar-refractivity contribution in [1.82, 2.24) is 4.90 Å². The first kappa shape index (κ1) is 13.8. The molecule has 0 saturated carbocycles. The molecule has 0 spiro atoms. The Morgan fingerprint density at radius 1 is 1.47 bits per heavy atom. The molecule has 5 heteroatoms. The number of amides is 1. The predicted octanol–water partition coefficient (Wildman–Crippen LogP) is 1.96. The zero-order valence-corrected chi connectivity index (χ0v) is 10.7. The van der Waals surface area contributed by atoms with Gasteiger partial charge in [-0.1, -0.05) is 13.8 Å². The van der Waals surface area contributed by atoms with E-state index in [0.717, 1.165) is 0 Å². The number of carbonyl (C=O) groups excluding carboxylic acids is 1. The average molecular weight is 243 g/mol. The van der Waals surface area contributed by atoms with Gasteiger partial charge in [-0.15, -0.1) is 0 Å². The van der Waals surface area contributed by atoms with Crippen molar-refractivity contribution >= 4 is 12.1 Å². The maximum Gasteiger partial charge on any atom is 0.410 e. The lowest BCUT2D eigenvalue weighted by Gasteiger charge is -2.35. The molecular weight excluding hydrogens is 222 g/mol. The molecule has 0 bridgehead atoms. The van der Waals surface area contributed by atoms with Crippen LogP contribution in [0.25, 0.3) is 0 Å². The van der Waals surface area contributed by atoms with Crippen molar-refractivity contribution in [2.24, 2.45) is 11.8 Å². The number of hydrogen-bond donors (Lipinski definition) is 1. The number of aliphatic carboxylic acids is 1. The van der Waals surface area contributed by atoms with E-state index >= 15 is 0 Å². The minimum Gasteiger partial charge on any atom is -0.481 e. The third-order valence-electron chi connectivity index (χ3n) is 3.00. The number of carboxylic acids is 1. The van der Waals surface area contributed by atoms with E-state index < -0.39 is 5.97 Å². The van der Waals surface area contributed by atoms with Gasteiger partial charge in [0.05, 0.1) is 12.5 Å². The van der Waals surface area contributed by atoms with E-state index in [-0.39, 0.29) is 18.1 Å². The van der Waals surface area contributed by atoms with Gasteiger partial charge in [0.25, 0.3) is 0 Å². The van der Waals surface area contributed by atoms with Crippen LogP contribution in [0.5, 0.6) is 0 Å². The minimum atomic E-state index is -0.771. The van der Waals surface area contributed by atoms with Crippen molar-refractivity contribution in [3.63, 3.8) is 0 Å². The Labute approximate surface area is 102 Å². The van der Waals surface area contributed by atoms with E-state index in [4.69, 9.17) is 9.84 Å². The van der Waals surface area contributed by atoms with E-state index in [2.05, 4.69) is 0 Å². The van der Waals surface area contributed by atoms with Gasteiger partial charge in [-0.2, -0.15) is 0 Å². The standard InChI is InChI=1S/C12H21NO4/c1-8(2)7-17-12(16)13-5-4-10(11(14)15)6-9(13)3/h8-10H,4-7H2,1-3H3,(H,14,15). The zero-order valence-electron chi connectivity index (χ0n) is 10.7. The molecule has 2 unspecified atom stereocenters. The predicted molar refractivity (Wildman–Crippen MR) is 62.7 cm³/mol. The molecule has 1 heterocycles. The van der Waals surface area contributed by atoms with Crippen molar-refractivity contribution in [2.45, 2.75) is 39.7 Å². The van der Waals surface area contributed by atoms with Gasteiger partial charge in [0, 0.05) is 12.6 Å². The third kappa shape index (κ3) is 3.91. The first-order valence-electron chi connectivity index (χ1n) is 6.08. The summed E-state index contributed by atoms with van der Waals surface area (Å²) in [4.78, 5) is 24.2. The van der Waals surface area contributed by atoms with Crippen LogP contribution in [-0.4, -0.2) is 41.3 Å². The SMILES string of the molecule is CC(C)COC(=O)N1CCC(C(=O)O)CC1C. The van der Waals surface area contributed by atoms with Crippen LogP contribution in [0.1, 0.15) is 33.6 Å². The molecule has 1 amide bonds. The summed E-state index contributed by atoms with van der Waals surface area (Å²) in [6.07, 6.45) is 0.692. The summed E-state index contributed by atoms with van der Waals surface area (Å²) in [6, 6.07) is -0.0653. The molecule has 5 nitrogen and oxygen atoms in total. The van der Waals surface area contributed by atoms with Crippen LogP contribution >= 0.6 is 0 Å². The highest BCUT2D eigenvalue weighted by atomic mass is 16.6. The van der Waals surface area contributed by atoms with Gasteiger partial charge >= 0.3 is 12.1 Å². The molecule has 2 atom stereocenters. The lowest BCUT2D eigenvalue weighted by Crippen LogP contribution is -2.46. The number of nitrogens with zero attached hydrogens (tertiary/aromatic N) is 1. The van der Waals surface area contributed by atoms with Gasteiger partial charge in [0.1, 0.15) is 0 Å². The van der Waals surface area contributed by atoms with Gasteiger partial charge < -0.3 is 14.7 Å². The van der Waals surface area contributed by atoms with Gasteiger partial charge in [-0.3, -0.25) is 4.79 Å². The normalized spacial score (nSPS) is 24.8. The number of rotatable bonds is 3. The summed E-state index contributed by atoms with van der Waals surface area (Å²) in [5.41, 5.74) is 0. The molecule has 98 valence electrons. The Hall–Kier alpha value is -1.26. The average Bonchev–Trinajstić information content (AvgIpc) is 2.25. The van der Waals surface area contributed by atoms with Crippen molar-refractivity contribution in [2.75, 3.05) is 13.2 Å².